The molecule has 3 N–H and O–H groups in total. The lowest BCUT2D eigenvalue weighted by Gasteiger charge is -2.14. The van der Waals surface area contributed by atoms with E-state index in [1.165, 1.54) is 32.0 Å². The number of hydrogen-bond donors (Lipinski definition) is 2. The second-order valence-corrected chi connectivity index (χ2v) is 3.74. The average Bonchev–Trinajstić information content (AvgIpc) is 2.30. The number of hydrogen-bond acceptors (Lipinski definition) is 4. The number of nitrogens with two attached hydrogens (primary N) is 1. The number of nitrogens with zero attached hydrogens (tertiary/aromatic N) is 2. The average molecular weight is 208 g/mol. The molecule has 0 saturated heterocycles. The Morgan fingerprint density at radius 3 is 2.60 bits per heavy atom. The van der Waals surface area contributed by atoms with Crippen molar-refractivity contribution < 1.29 is 0 Å². The molecule has 0 spiro atoms. The first-order valence-electron chi connectivity index (χ1n) is 5.59. The predicted octanol–water partition coefficient (Wildman–Crippen LogP) is 1.95. The van der Waals surface area contributed by atoms with Crippen LogP contribution in [0.3, 0.4) is 0 Å². The molecule has 4 nitrogen and oxygen atoms in total. The zero-order valence-electron chi connectivity index (χ0n) is 9.32. The molecule has 0 amide bonds. The van der Waals surface area contributed by atoms with Crippen LogP contribution in [-0.4, -0.2) is 9.97 Å². The van der Waals surface area contributed by atoms with Crippen LogP contribution >= 0.6 is 0 Å². The summed E-state index contributed by atoms with van der Waals surface area (Å²) in [7, 11) is 0. The van der Waals surface area contributed by atoms with Gasteiger partial charge in [-0.2, -0.15) is 0 Å². The third-order valence-corrected chi connectivity index (χ3v) is 2.53. The molecule has 0 aromatic carbocycles. The van der Waals surface area contributed by atoms with Gasteiger partial charge in [0.25, 0.3) is 0 Å². The van der Waals surface area contributed by atoms with E-state index in [1.807, 2.05) is 12.4 Å². The lowest BCUT2D eigenvalue weighted by molar-refractivity contribution is 0.479. The second kappa shape index (κ2) is 7.31. The van der Waals surface area contributed by atoms with Gasteiger partial charge in [0, 0.05) is 24.0 Å². The summed E-state index contributed by atoms with van der Waals surface area (Å²) in [5.41, 5.74) is 3.88. The molecule has 0 aliphatic carbocycles. The summed E-state index contributed by atoms with van der Waals surface area (Å²) < 4.78 is 0. The summed E-state index contributed by atoms with van der Waals surface area (Å²) in [6.07, 6.45) is 11.2. The van der Waals surface area contributed by atoms with E-state index in [4.69, 9.17) is 5.84 Å². The topological polar surface area (TPSA) is 63.8 Å². The van der Waals surface area contributed by atoms with Crippen molar-refractivity contribution in [2.24, 2.45) is 5.84 Å². The van der Waals surface area contributed by atoms with Crippen LogP contribution in [0.4, 0.5) is 0 Å². The minimum atomic E-state index is 0.183. The van der Waals surface area contributed by atoms with Crippen molar-refractivity contribution in [2.45, 2.75) is 45.1 Å². The van der Waals surface area contributed by atoms with E-state index in [0.717, 1.165) is 12.0 Å². The molecule has 0 bridgehead atoms. The molecule has 1 unspecified atom stereocenters. The van der Waals surface area contributed by atoms with Crippen LogP contribution in [0.5, 0.6) is 0 Å². The van der Waals surface area contributed by atoms with Crippen molar-refractivity contribution in [2.75, 3.05) is 0 Å². The molecule has 1 heterocycles. The molecule has 0 radical (unpaired) electrons. The first kappa shape index (κ1) is 12.1. The molecular weight excluding hydrogens is 188 g/mol. The number of unbranched alkanes of at least 4 members (excludes halogenated alkanes) is 3. The molecule has 1 atom stereocenters. The first-order chi connectivity index (χ1) is 7.38. The van der Waals surface area contributed by atoms with Gasteiger partial charge in [-0.15, -0.1) is 0 Å². The standard InChI is InChI=1S/C11H20N4/c1-2-3-4-5-6-11(15-12)10-7-13-9-14-8-10/h7-9,11,15H,2-6,12H2,1H3. The SMILES string of the molecule is CCCCCCC(NN)c1cncnc1. The fourth-order valence-electron chi connectivity index (χ4n) is 1.61. The second-order valence-electron chi connectivity index (χ2n) is 3.74. The van der Waals surface area contributed by atoms with E-state index in [9.17, 15) is 0 Å². The summed E-state index contributed by atoms with van der Waals surface area (Å²) in [4.78, 5) is 7.98. The van der Waals surface area contributed by atoms with Gasteiger partial charge < -0.3 is 0 Å². The molecule has 0 aliphatic rings. The quantitative estimate of drug-likeness (QED) is 0.408. The molecule has 4 heteroatoms. The van der Waals surface area contributed by atoms with Gasteiger partial charge in [0.15, 0.2) is 0 Å². The van der Waals surface area contributed by atoms with Gasteiger partial charge >= 0.3 is 0 Å². The van der Waals surface area contributed by atoms with E-state index < -0.39 is 0 Å². The Morgan fingerprint density at radius 1 is 1.27 bits per heavy atom. The Bertz CT molecular complexity index is 250. The number of aromatic nitrogens is 2. The van der Waals surface area contributed by atoms with Gasteiger partial charge in [-0.25, -0.2) is 9.97 Å². The van der Waals surface area contributed by atoms with Crippen LogP contribution in [0.15, 0.2) is 18.7 Å². The minimum absolute atomic E-state index is 0.183. The summed E-state index contributed by atoms with van der Waals surface area (Å²) in [5, 5.41) is 0. The lowest BCUT2D eigenvalue weighted by Crippen LogP contribution is -2.28. The fourth-order valence-corrected chi connectivity index (χ4v) is 1.61. The molecule has 1 aromatic heterocycles. The van der Waals surface area contributed by atoms with Crippen LogP contribution in [0.2, 0.25) is 0 Å². The Balaban J connectivity index is 2.36. The maximum atomic E-state index is 5.51. The molecule has 1 aromatic rings. The number of hydrazine groups is 1. The Morgan fingerprint density at radius 2 is 2.00 bits per heavy atom. The highest BCUT2D eigenvalue weighted by molar-refractivity contribution is 5.08. The van der Waals surface area contributed by atoms with Crippen molar-refractivity contribution in [3.8, 4) is 0 Å². The molecule has 0 saturated carbocycles. The normalized spacial score (nSPS) is 12.7. The highest BCUT2D eigenvalue weighted by Gasteiger charge is 2.08. The van der Waals surface area contributed by atoms with E-state index in [-0.39, 0.29) is 6.04 Å². The zero-order valence-corrected chi connectivity index (χ0v) is 9.32. The van der Waals surface area contributed by atoms with Crippen molar-refractivity contribution in [1.29, 1.82) is 0 Å². The predicted molar refractivity (Wildman–Crippen MR) is 60.9 cm³/mol. The largest absolute Gasteiger partial charge is 0.271 e. The lowest BCUT2D eigenvalue weighted by atomic mass is 10.0. The highest BCUT2D eigenvalue weighted by atomic mass is 15.2. The molecule has 0 fully saturated rings. The van der Waals surface area contributed by atoms with Gasteiger partial charge in [0.1, 0.15) is 6.33 Å². The van der Waals surface area contributed by atoms with E-state index in [2.05, 4.69) is 22.3 Å². The minimum Gasteiger partial charge on any atom is -0.271 e. The van der Waals surface area contributed by atoms with Gasteiger partial charge in [0.05, 0.1) is 0 Å². The monoisotopic (exact) mass is 208 g/mol. The summed E-state index contributed by atoms with van der Waals surface area (Å²) in [5.74, 6) is 5.51. The van der Waals surface area contributed by atoms with Crippen molar-refractivity contribution in [3.05, 3.63) is 24.3 Å². The Labute approximate surface area is 91.3 Å². The van der Waals surface area contributed by atoms with Crippen molar-refractivity contribution in [3.63, 3.8) is 0 Å². The van der Waals surface area contributed by atoms with Crippen LogP contribution < -0.4 is 11.3 Å². The third kappa shape index (κ3) is 4.36. The van der Waals surface area contributed by atoms with Crippen LogP contribution in [0.25, 0.3) is 0 Å². The maximum absolute atomic E-state index is 5.51. The van der Waals surface area contributed by atoms with Gasteiger partial charge in [-0.3, -0.25) is 11.3 Å². The van der Waals surface area contributed by atoms with Crippen molar-refractivity contribution >= 4 is 0 Å². The molecular formula is C11H20N4. The van der Waals surface area contributed by atoms with Gasteiger partial charge in [-0.1, -0.05) is 32.6 Å². The Hall–Kier alpha value is -1.00. The first-order valence-corrected chi connectivity index (χ1v) is 5.59. The summed E-state index contributed by atoms with van der Waals surface area (Å²) in [6.45, 7) is 2.21. The van der Waals surface area contributed by atoms with Gasteiger partial charge in [-0.05, 0) is 6.42 Å². The zero-order chi connectivity index (χ0) is 10.9. The molecule has 84 valence electrons. The third-order valence-electron chi connectivity index (χ3n) is 2.53. The number of rotatable bonds is 7. The fraction of sp³-hybridized carbons (Fsp3) is 0.636. The highest BCUT2D eigenvalue weighted by Crippen LogP contribution is 2.17. The van der Waals surface area contributed by atoms with Crippen LogP contribution in [-0.2, 0) is 0 Å². The maximum Gasteiger partial charge on any atom is 0.115 e. The number of nitrogens with one attached hydrogen (secondary N) is 1. The summed E-state index contributed by atoms with van der Waals surface area (Å²) in [6, 6.07) is 0.183. The van der Waals surface area contributed by atoms with Crippen LogP contribution in [0.1, 0.15) is 50.6 Å². The Kier molecular flexibility index (Phi) is 5.88. The van der Waals surface area contributed by atoms with E-state index in [0.29, 0.717) is 0 Å². The van der Waals surface area contributed by atoms with Crippen molar-refractivity contribution in [1.82, 2.24) is 15.4 Å². The molecule has 1 rings (SSSR count). The van der Waals surface area contributed by atoms with E-state index in [1.54, 1.807) is 0 Å². The molecule has 15 heavy (non-hydrogen) atoms. The van der Waals surface area contributed by atoms with E-state index >= 15 is 0 Å². The summed E-state index contributed by atoms with van der Waals surface area (Å²) >= 11 is 0. The van der Waals surface area contributed by atoms with Gasteiger partial charge in [0.2, 0.25) is 0 Å². The smallest absolute Gasteiger partial charge is 0.115 e. The molecule has 0 aliphatic heterocycles. The van der Waals surface area contributed by atoms with Crippen LogP contribution in [0, 0.1) is 0 Å².